The lowest BCUT2D eigenvalue weighted by Crippen LogP contribution is -2.16. The van der Waals surface area contributed by atoms with E-state index in [9.17, 15) is 9.18 Å². The van der Waals surface area contributed by atoms with Crippen LogP contribution < -0.4 is 15.4 Å². The summed E-state index contributed by atoms with van der Waals surface area (Å²) < 4.78 is 18.4. The Morgan fingerprint density at radius 3 is 2.52 bits per heavy atom. The molecular formula is C16H17FN2O2. The van der Waals surface area contributed by atoms with E-state index in [1.807, 2.05) is 0 Å². The van der Waals surface area contributed by atoms with Crippen molar-refractivity contribution in [2.45, 2.75) is 6.42 Å². The molecule has 21 heavy (non-hydrogen) atoms. The van der Waals surface area contributed by atoms with Crippen LogP contribution in [0.2, 0.25) is 0 Å². The van der Waals surface area contributed by atoms with Gasteiger partial charge in [-0.1, -0.05) is 12.1 Å². The molecule has 5 heteroatoms. The summed E-state index contributed by atoms with van der Waals surface area (Å²) in [7, 11) is 1.59. The second-order valence-electron chi connectivity index (χ2n) is 4.43. The average Bonchev–Trinajstić information content (AvgIpc) is 2.50. The van der Waals surface area contributed by atoms with Crippen molar-refractivity contribution in [2.75, 3.05) is 24.3 Å². The van der Waals surface area contributed by atoms with Crippen LogP contribution in [-0.2, 0) is 4.79 Å². The van der Waals surface area contributed by atoms with Gasteiger partial charge >= 0.3 is 0 Å². The van der Waals surface area contributed by atoms with Crippen molar-refractivity contribution in [3.63, 3.8) is 0 Å². The Hall–Kier alpha value is -2.56. The van der Waals surface area contributed by atoms with Crippen LogP contribution in [0.25, 0.3) is 0 Å². The summed E-state index contributed by atoms with van der Waals surface area (Å²) in [6.45, 7) is 0.364. The zero-order valence-corrected chi connectivity index (χ0v) is 11.7. The highest BCUT2D eigenvalue weighted by atomic mass is 19.1. The van der Waals surface area contributed by atoms with E-state index in [0.717, 1.165) is 5.75 Å². The summed E-state index contributed by atoms with van der Waals surface area (Å²) >= 11 is 0. The van der Waals surface area contributed by atoms with Gasteiger partial charge in [0.25, 0.3) is 0 Å². The number of hydrogen-bond acceptors (Lipinski definition) is 3. The zero-order chi connectivity index (χ0) is 15.1. The normalized spacial score (nSPS) is 10.0. The molecule has 0 saturated heterocycles. The Bertz CT molecular complexity index is 599. The van der Waals surface area contributed by atoms with Gasteiger partial charge in [-0.3, -0.25) is 4.79 Å². The van der Waals surface area contributed by atoms with Crippen LogP contribution in [0.3, 0.4) is 0 Å². The van der Waals surface area contributed by atoms with Crippen molar-refractivity contribution in [1.29, 1.82) is 0 Å². The molecule has 2 aromatic carbocycles. The third kappa shape index (κ3) is 4.49. The van der Waals surface area contributed by atoms with Crippen LogP contribution in [0.4, 0.5) is 15.8 Å². The lowest BCUT2D eigenvalue weighted by molar-refractivity contribution is -0.115. The van der Waals surface area contributed by atoms with Crippen LogP contribution >= 0.6 is 0 Å². The Kier molecular flexibility index (Phi) is 5.15. The van der Waals surface area contributed by atoms with Gasteiger partial charge in [-0.2, -0.15) is 0 Å². The average molecular weight is 288 g/mol. The van der Waals surface area contributed by atoms with Gasteiger partial charge in [-0.25, -0.2) is 4.39 Å². The number of methoxy groups -OCH3 is 1. The molecule has 0 spiro atoms. The number of nitrogens with one attached hydrogen (secondary N) is 2. The van der Waals surface area contributed by atoms with Crippen LogP contribution in [0, 0.1) is 5.82 Å². The number of hydrogen-bond donors (Lipinski definition) is 2. The number of carbonyl (C=O) groups excluding carboxylic acids is 1. The smallest absolute Gasteiger partial charge is 0.226 e. The fourth-order valence-electron chi connectivity index (χ4n) is 1.81. The summed E-state index contributed by atoms with van der Waals surface area (Å²) in [6, 6.07) is 13.4. The number of ether oxygens (including phenoxy) is 1. The predicted molar refractivity (Wildman–Crippen MR) is 81.1 cm³/mol. The molecule has 0 aliphatic carbocycles. The lowest BCUT2D eigenvalue weighted by atomic mass is 10.2. The zero-order valence-electron chi connectivity index (χ0n) is 11.7. The summed E-state index contributed by atoms with van der Waals surface area (Å²) in [5.74, 6) is 0.270. The molecule has 2 rings (SSSR count). The van der Waals surface area contributed by atoms with Crippen molar-refractivity contribution >= 4 is 17.3 Å². The molecule has 1 amide bonds. The first-order valence-electron chi connectivity index (χ1n) is 6.61. The molecule has 0 atom stereocenters. The van der Waals surface area contributed by atoms with E-state index < -0.39 is 0 Å². The number of benzene rings is 2. The summed E-state index contributed by atoms with van der Waals surface area (Å²) in [6.07, 6.45) is 0.250. The second kappa shape index (κ2) is 7.28. The van der Waals surface area contributed by atoms with Crippen LogP contribution in [0.5, 0.6) is 5.75 Å². The highest BCUT2D eigenvalue weighted by molar-refractivity contribution is 5.91. The molecule has 0 aromatic heterocycles. The second-order valence-corrected chi connectivity index (χ2v) is 4.43. The maximum absolute atomic E-state index is 13.4. The van der Waals surface area contributed by atoms with Gasteiger partial charge < -0.3 is 15.4 Å². The van der Waals surface area contributed by atoms with Gasteiger partial charge in [0.1, 0.15) is 11.6 Å². The first-order chi connectivity index (χ1) is 10.2. The van der Waals surface area contributed by atoms with E-state index >= 15 is 0 Å². The van der Waals surface area contributed by atoms with Gasteiger partial charge in [-0.05, 0) is 36.4 Å². The molecule has 0 heterocycles. The number of carbonyl (C=O) groups is 1. The fourth-order valence-corrected chi connectivity index (χ4v) is 1.81. The molecule has 0 fully saturated rings. The van der Waals surface area contributed by atoms with Crippen molar-refractivity contribution in [3.8, 4) is 5.75 Å². The Balaban J connectivity index is 1.78. The quantitative estimate of drug-likeness (QED) is 0.857. The van der Waals surface area contributed by atoms with Crippen molar-refractivity contribution in [3.05, 3.63) is 54.3 Å². The molecular weight excluding hydrogens is 271 g/mol. The standard InChI is InChI=1S/C16H17FN2O2/c1-21-13-8-6-12(7-9-13)19-16(20)10-11-18-15-5-3-2-4-14(15)17/h2-9,18H,10-11H2,1H3,(H,19,20). The van der Waals surface area contributed by atoms with Gasteiger partial charge in [-0.15, -0.1) is 0 Å². The predicted octanol–water partition coefficient (Wildman–Crippen LogP) is 3.28. The van der Waals surface area contributed by atoms with E-state index in [2.05, 4.69) is 10.6 Å². The number of para-hydroxylation sites is 1. The van der Waals surface area contributed by atoms with Crippen LogP contribution in [-0.4, -0.2) is 19.6 Å². The van der Waals surface area contributed by atoms with Crippen molar-refractivity contribution in [1.82, 2.24) is 0 Å². The molecule has 0 radical (unpaired) electrons. The Morgan fingerprint density at radius 2 is 1.86 bits per heavy atom. The third-order valence-electron chi connectivity index (χ3n) is 2.92. The largest absolute Gasteiger partial charge is 0.497 e. The minimum atomic E-state index is -0.326. The van der Waals surface area contributed by atoms with E-state index in [-0.39, 0.29) is 18.1 Å². The molecule has 0 unspecified atom stereocenters. The first kappa shape index (κ1) is 14.8. The molecule has 110 valence electrons. The molecule has 0 aliphatic rings. The van der Waals surface area contributed by atoms with Crippen LogP contribution in [0.15, 0.2) is 48.5 Å². The number of amides is 1. The summed E-state index contributed by atoms with van der Waals surface area (Å²) in [5, 5.41) is 5.66. The topological polar surface area (TPSA) is 50.4 Å². The molecule has 0 bridgehead atoms. The third-order valence-corrected chi connectivity index (χ3v) is 2.92. The summed E-state index contributed by atoms with van der Waals surface area (Å²) in [5.41, 5.74) is 1.10. The molecule has 4 nitrogen and oxygen atoms in total. The molecule has 2 aromatic rings. The lowest BCUT2D eigenvalue weighted by Gasteiger charge is -2.08. The monoisotopic (exact) mass is 288 g/mol. The Labute approximate surface area is 122 Å². The van der Waals surface area contributed by atoms with Crippen molar-refractivity contribution in [2.24, 2.45) is 0 Å². The van der Waals surface area contributed by atoms with Crippen molar-refractivity contribution < 1.29 is 13.9 Å². The van der Waals surface area contributed by atoms with E-state index in [4.69, 9.17) is 4.74 Å². The van der Waals surface area contributed by atoms with E-state index in [1.54, 1.807) is 49.6 Å². The molecule has 0 saturated carbocycles. The van der Waals surface area contributed by atoms with Crippen LogP contribution in [0.1, 0.15) is 6.42 Å². The van der Waals surface area contributed by atoms with Gasteiger partial charge in [0.2, 0.25) is 5.91 Å². The Morgan fingerprint density at radius 1 is 1.14 bits per heavy atom. The highest BCUT2D eigenvalue weighted by Crippen LogP contribution is 2.15. The van der Waals surface area contributed by atoms with E-state index in [1.165, 1.54) is 6.07 Å². The van der Waals surface area contributed by atoms with E-state index in [0.29, 0.717) is 17.9 Å². The number of halogens is 1. The molecule has 2 N–H and O–H groups in total. The number of anilines is 2. The minimum absolute atomic E-state index is 0.135. The van der Waals surface area contributed by atoms with Gasteiger partial charge in [0.05, 0.1) is 12.8 Å². The highest BCUT2D eigenvalue weighted by Gasteiger charge is 2.04. The maximum Gasteiger partial charge on any atom is 0.226 e. The van der Waals surface area contributed by atoms with Gasteiger partial charge in [0.15, 0.2) is 0 Å². The maximum atomic E-state index is 13.4. The minimum Gasteiger partial charge on any atom is -0.497 e. The fraction of sp³-hybridized carbons (Fsp3) is 0.188. The number of rotatable bonds is 6. The molecule has 0 aliphatic heterocycles. The SMILES string of the molecule is COc1ccc(NC(=O)CCNc2ccccc2F)cc1. The first-order valence-corrected chi connectivity index (χ1v) is 6.61. The summed E-state index contributed by atoms with van der Waals surface area (Å²) in [4.78, 5) is 11.8. The van der Waals surface area contributed by atoms with Gasteiger partial charge in [0, 0.05) is 18.7 Å².